The van der Waals surface area contributed by atoms with Crippen molar-refractivity contribution in [1.29, 1.82) is 0 Å². The third kappa shape index (κ3) is 4.07. The average molecular weight is 425 g/mol. The number of para-hydroxylation sites is 2. The Labute approximate surface area is 179 Å². The van der Waals surface area contributed by atoms with E-state index in [0.29, 0.717) is 29.4 Å². The van der Waals surface area contributed by atoms with Crippen LogP contribution in [0, 0.1) is 6.92 Å². The smallest absolute Gasteiger partial charge is 0.226 e. The molecule has 1 heterocycles. The van der Waals surface area contributed by atoms with Gasteiger partial charge < -0.3 is 15.0 Å². The zero-order chi connectivity index (χ0) is 20.4. The summed E-state index contributed by atoms with van der Waals surface area (Å²) in [5.74, 6) is 0.484. The molecule has 0 unspecified atom stereocenters. The fourth-order valence-electron chi connectivity index (χ4n) is 3.38. The van der Waals surface area contributed by atoms with Gasteiger partial charge in [0, 0.05) is 33.8 Å². The van der Waals surface area contributed by atoms with E-state index in [-0.39, 0.29) is 5.91 Å². The van der Waals surface area contributed by atoms with E-state index in [4.69, 9.17) is 16.3 Å². The first-order valence-electron chi connectivity index (χ1n) is 9.34. The van der Waals surface area contributed by atoms with E-state index in [1.807, 2.05) is 37.3 Å². The van der Waals surface area contributed by atoms with Crippen molar-refractivity contribution < 1.29 is 9.53 Å². The third-order valence-corrected chi connectivity index (χ3v) is 6.39. The standard InChI is InChI=1S/C23H21ClN2O2S/c1-15-13-17(20(28-2)14-16(15)24)25-23(27)11-12-26-18-7-3-5-9-21(18)29-22-10-6-4-8-19(22)26/h3-10,13-14H,11-12H2,1-2H3,(H,25,27). The number of aryl methyl sites for hydroxylation is 1. The van der Waals surface area contributed by atoms with Crippen molar-refractivity contribution in [3.05, 3.63) is 71.2 Å². The van der Waals surface area contributed by atoms with E-state index in [2.05, 4.69) is 34.5 Å². The van der Waals surface area contributed by atoms with Crippen molar-refractivity contribution in [2.75, 3.05) is 23.9 Å². The summed E-state index contributed by atoms with van der Waals surface area (Å²) >= 11 is 7.92. The first kappa shape index (κ1) is 19.7. The molecular weight excluding hydrogens is 404 g/mol. The van der Waals surface area contributed by atoms with Gasteiger partial charge in [0.25, 0.3) is 0 Å². The molecule has 3 aromatic rings. The van der Waals surface area contributed by atoms with Crippen molar-refractivity contribution in [1.82, 2.24) is 0 Å². The second-order valence-electron chi connectivity index (χ2n) is 6.79. The summed E-state index contributed by atoms with van der Waals surface area (Å²) in [6.45, 7) is 2.48. The minimum atomic E-state index is -0.0711. The number of amides is 1. The van der Waals surface area contributed by atoms with Crippen LogP contribution >= 0.6 is 23.4 Å². The molecule has 4 rings (SSSR count). The molecule has 4 nitrogen and oxygen atoms in total. The van der Waals surface area contributed by atoms with Crippen molar-refractivity contribution in [3.8, 4) is 5.75 Å². The van der Waals surface area contributed by atoms with Gasteiger partial charge in [0.05, 0.1) is 24.2 Å². The maximum absolute atomic E-state index is 12.7. The number of nitrogens with one attached hydrogen (secondary N) is 1. The molecule has 0 spiro atoms. The molecule has 0 saturated carbocycles. The van der Waals surface area contributed by atoms with Crippen LogP contribution in [0.2, 0.25) is 5.02 Å². The molecular formula is C23H21ClN2O2S. The highest BCUT2D eigenvalue weighted by atomic mass is 35.5. The molecule has 1 amide bonds. The molecule has 0 atom stereocenters. The number of anilines is 3. The highest BCUT2D eigenvalue weighted by molar-refractivity contribution is 7.99. The Balaban J connectivity index is 1.53. The van der Waals surface area contributed by atoms with Gasteiger partial charge in [-0.05, 0) is 42.8 Å². The maximum Gasteiger partial charge on any atom is 0.226 e. The number of carbonyl (C=O) groups is 1. The van der Waals surface area contributed by atoms with Crippen molar-refractivity contribution in [3.63, 3.8) is 0 Å². The van der Waals surface area contributed by atoms with Gasteiger partial charge in [0.2, 0.25) is 5.91 Å². The molecule has 1 aliphatic heterocycles. The zero-order valence-electron chi connectivity index (χ0n) is 16.2. The Morgan fingerprint density at radius 1 is 1.07 bits per heavy atom. The van der Waals surface area contributed by atoms with Crippen LogP contribution in [0.5, 0.6) is 5.75 Å². The normalized spacial score (nSPS) is 12.2. The number of benzene rings is 3. The van der Waals surface area contributed by atoms with Crippen molar-refractivity contribution in [2.24, 2.45) is 0 Å². The SMILES string of the molecule is COc1cc(Cl)c(C)cc1NC(=O)CCN1c2ccccc2Sc2ccccc21. The number of hydrogen-bond acceptors (Lipinski definition) is 4. The Morgan fingerprint density at radius 2 is 1.69 bits per heavy atom. The molecule has 0 aromatic heterocycles. The zero-order valence-corrected chi connectivity index (χ0v) is 17.8. The number of methoxy groups -OCH3 is 1. The largest absolute Gasteiger partial charge is 0.495 e. The third-order valence-electron chi connectivity index (χ3n) is 4.85. The first-order chi connectivity index (χ1) is 14.1. The summed E-state index contributed by atoms with van der Waals surface area (Å²) in [4.78, 5) is 17.3. The van der Waals surface area contributed by atoms with Gasteiger partial charge in [-0.25, -0.2) is 0 Å². The van der Waals surface area contributed by atoms with Crippen LogP contribution in [0.1, 0.15) is 12.0 Å². The number of hydrogen-bond donors (Lipinski definition) is 1. The number of halogens is 1. The lowest BCUT2D eigenvalue weighted by Crippen LogP contribution is -2.26. The lowest BCUT2D eigenvalue weighted by atomic mass is 10.2. The van der Waals surface area contributed by atoms with Crippen LogP contribution in [0.3, 0.4) is 0 Å². The Bertz CT molecular complexity index is 1020. The van der Waals surface area contributed by atoms with E-state index in [0.717, 1.165) is 16.9 Å². The topological polar surface area (TPSA) is 41.6 Å². The molecule has 0 bridgehead atoms. The molecule has 0 fully saturated rings. The first-order valence-corrected chi connectivity index (χ1v) is 10.5. The fraction of sp³-hybridized carbons (Fsp3) is 0.174. The monoisotopic (exact) mass is 424 g/mol. The fourth-order valence-corrected chi connectivity index (χ4v) is 4.63. The Hall–Kier alpha value is -2.63. The number of fused-ring (bicyclic) bond motifs is 2. The highest BCUT2D eigenvalue weighted by Gasteiger charge is 2.23. The number of rotatable bonds is 5. The van der Waals surface area contributed by atoms with E-state index in [1.54, 1.807) is 24.9 Å². The summed E-state index contributed by atoms with van der Waals surface area (Å²) in [6.07, 6.45) is 0.345. The van der Waals surface area contributed by atoms with Gasteiger partial charge in [-0.3, -0.25) is 4.79 Å². The van der Waals surface area contributed by atoms with Gasteiger partial charge in [-0.2, -0.15) is 0 Å². The quantitative estimate of drug-likeness (QED) is 0.522. The van der Waals surface area contributed by atoms with Gasteiger partial charge in [0.1, 0.15) is 5.75 Å². The van der Waals surface area contributed by atoms with Gasteiger partial charge in [-0.15, -0.1) is 0 Å². The molecule has 1 N–H and O–H groups in total. The van der Waals surface area contributed by atoms with Crippen molar-refractivity contribution in [2.45, 2.75) is 23.1 Å². The molecule has 29 heavy (non-hydrogen) atoms. The van der Waals surface area contributed by atoms with E-state index >= 15 is 0 Å². The lowest BCUT2D eigenvalue weighted by Gasteiger charge is -2.32. The summed E-state index contributed by atoms with van der Waals surface area (Å²) in [5, 5.41) is 3.57. The lowest BCUT2D eigenvalue weighted by molar-refractivity contribution is -0.116. The number of carbonyl (C=O) groups excluding carboxylic acids is 1. The van der Waals surface area contributed by atoms with Crippen molar-refractivity contribution >= 4 is 46.3 Å². The highest BCUT2D eigenvalue weighted by Crippen LogP contribution is 2.47. The minimum Gasteiger partial charge on any atom is -0.495 e. The van der Waals surface area contributed by atoms with Crippen LogP contribution < -0.4 is 15.0 Å². The average Bonchev–Trinajstić information content (AvgIpc) is 2.73. The summed E-state index contributed by atoms with van der Waals surface area (Å²) < 4.78 is 5.36. The molecule has 3 aromatic carbocycles. The van der Waals surface area contributed by atoms with Crippen LogP contribution in [0.15, 0.2) is 70.5 Å². The van der Waals surface area contributed by atoms with Crippen LogP contribution in [0.25, 0.3) is 0 Å². The van der Waals surface area contributed by atoms with Gasteiger partial charge >= 0.3 is 0 Å². The Kier molecular flexibility index (Phi) is 5.69. The molecule has 1 aliphatic rings. The van der Waals surface area contributed by atoms with E-state index in [9.17, 15) is 4.79 Å². The van der Waals surface area contributed by atoms with Crippen LogP contribution in [0.4, 0.5) is 17.1 Å². The second kappa shape index (κ2) is 8.39. The number of nitrogens with zero attached hydrogens (tertiary/aromatic N) is 1. The van der Waals surface area contributed by atoms with Crippen LogP contribution in [-0.2, 0) is 4.79 Å². The predicted octanol–water partition coefficient (Wildman–Crippen LogP) is 6.29. The van der Waals surface area contributed by atoms with E-state index in [1.165, 1.54) is 9.79 Å². The maximum atomic E-state index is 12.7. The summed E-state index contributed by atoms with van der Waals surface area (Å²) in [5.41, 5.74) is 3.78. The predicted molar refractivity (Wildman–Crippen MR) is 120 cm³/mol. The van der Waals surface area contributed by atoms with Gasteiger partial charge in [-0.1, -0.05) is 47.6 Å². The molecule has 6 heteroatoms. The summed E-state index contributed by atoms with van der Waals surface area (Å²) in [6, 6.07) is 20.1. The Morgan fingerprint density at radius 3 is 2.31 bits per heavy atom. The molecule has 0 aliphatic carbocycles. The summed E-state index contributed by atoms with van der Waals surface area (Å²) in [7, 11) is 1.57. The molecule has 0 saturated heterocycles. The molecule has 0 radical (unpaired) electrons. The van der Waals surface area contributed by atoms with E-state index < -0.39 is 0 Å². The van der Waals surface area contributed by atoms with Crippen LogP contribution in [-0.4, -0.2) is 19.6 Å². The number of ether oxygens (including phenoxy) is 1. The van der Waals surface area contributed by atoms with Gasteiger partial charge in [0.15, 0.2) is 0 Å². The minimum absolute atomic E-state index is 0.0711. The molecule has 148 valence electrons. The second-order valence-corrected chi connectivity index (χ2v) is 8.28.